The van der Waals surface area contributed by atoms with Gasteiger partial charge in [0.05, 0.1) is 23.3 Å². The second kappa shape index (κ2) is 7.51. The van der Waals surface area contributed by atoms with E-state index >= 15 is 0 Å². The molecule has 4 rings (SSSR count). The van der Waals surface area contributed by atoms with E-state index in [2.05, 4.69) is 15.0 Å². The van der Waals surface area contributed by atoms with E-state index in [1.807, 2.05) is 0 Å². The van der Waals surface area contributed by atoms with Gasteiger partial charge >= 0.3 is 0 Å². The molecule has 0 aliphatic rings. The van der Waals surface area contributed by atoms with Crippen molar-refractivity contribution in [3.63, 3.8) is 0 Å². The molecule has 0 saturated carbocycles. The number of aromatic nitrogens is 3. The van der Waals surface area contributed by atoms with Crippen LogP contribution in [-0.2, 0) is 6.54 Å². The zero-order valence-electron chi connectivity index (χ0n) is 15.1. The number of anilines is 1. The first-order valence-electron chi connectivity index (χ1n) is 8.57. The van der Waals surface area contributed by atoms with Gasteiger partial charge in [-0.25, -0.2) is 13.8 Å². The van der Waals surface area contributed by atoms with Gasteiger partial charge in [-0.15, -0.1) is 11.3 Å². The maximum Gasteiger partial charge on any atom is 0.270 e. The van der Waals surface area contributed by atoms with Gasteiger partial charge in [-0.05, 0) is 36.8 Å². The first kappa shape index (κ1) is 18.9. The Bertz CT molecular complexity index is 1270. The lowest BCUT2D eigenvalue weighted by molar-refractivity contribution is 0.0988. The molecule has 0 fully saturated rings. The average molecular weight is 412 g/mol. The highest BCUT2D eigenvalue weighted by molar-refractivity contribution is 7.12. The number of carbonyl (C=O) groups is 1. The molecule has 0 bridgehead atoms. The molecule has 3 aromatic heterocycles. The van der Waals surface area contributed by atoms with Gasteiger partial charge in [0.1, 0.15) is 4.88 Å². The number of pyridine rings is 2. The summed E-state index contributed by atoms with van der Waals surface area (Å²) < 4.78 is 27.8. The number of aromatic amines is 1. The standard InChI is InChI=1S/C20H14F2N4O2S/c1-11-19(29-10-24-11)20(28)26(13-4-6-23-7-5-13)9-12-8-16(27)25-18-14(12)2-3-15(21)17(18)22/h2-8,10H,9H2,1H3,(H,25,27). The summed E-state index contributed by atoms with van der Waals surface area (Å²) in [5.41, 5.74) is 2.28. The van der Waals surface area contributed by atoms with E-state index in [4.69, 9.17) is 0 Å². The Labute approximate surface area is 167 Å². The average Bonchev–Trinajstić information content (AvgIpc) is 3.15. The van der Waals surface area contributed by atoms with E-state index in [-0.39, 0.29) is 18.0 Å². The van der Waals surface area contributed by atoms with Crippen molar-refractivity contribution in [3.05, 3.63) is 86.4 Å². The zero-order valence-corrected chi connectivity index (χ0v) is 16.0. The lowest BCUT2D eigenvalue weighted by atomic mass is 10.1. The van der Waals surface area contributed by atoms with Crippen molar-refractivity contribution in [2.75, 3.05) is 4.90 Å². The van der Waals surface area contributed by atoms with E-state index in [0.717, 1.165) is 6.07 Å². The molecule has 0 atom stereocenters. The van der Waals surface area contributed by atoms with Crippen LogP contribution in [0.25, 0.3) is 10.9 Å². The van der Waals surface area contributed by atoms with E-state index in [1.165, 1.54) is 28.4 Å². The lowest BCUT2D eigenvalue weighted by Gasteiger charge is -2.23. The van der Waals surface area contributed by atoms with Gasteiger partial charge in [-0.1, -0.05) is 0 Å². The normalized spacial score (nSPS) is 11.0. The number of halogens is 2. The van der Waals surface area contributed by atoms with Gasteiger partial charge in [0.2, 0.25) is 5.56 Å². The van der Waals surface area contributed by atoms with Crippen LogP contribution in [0.5, 0.6) is 0 Å². The quantitative estimate of drug-likeness (QED) is 0.553. The second-order valence-electron chi connectivity index (χ2n) is 6.31. The molecular formula is C20H14F2N4O2S. The minimum atomic E-state index is -1.14. The third kappa shape index (κ3) is 3.52. The molecule has 1 N–H and O–H groups in total. The Balaban J connectivity index is 1.86. The molecule has 3 heterocycles. The first-order chi connectivity index (χ1) is 14.0. The van der Waals surface area contributed by atoms with Crippen LogP contribution in [0.15, 0.2) is 53.0 Å². The Morgan fingerprint density at radius 1 is 1.21 bits per heavy atom. The minimum absolute atomic E-state index is 0.0221. The van der Waals surface area contributed by atoms with Gasteiger partial charge in [0.25, 0.3) is 5.91 Å². The smallest absolute Gasteiger partial charge is 0.270 e. The third-order valence-electron chi connectivity index (χ3n) is 4.48. The number of amides is 1. The number of hydrogen-bond acceptors (Lipinski definition) is 5. The molecule has 29 heavy (non-hydrogen) atoms. The van der Waals surface area contributed by atoms with Crippen molar-refractivity contribution in [2.45, 2.75) is 13.5 Å². The molecule has 0 unspecified atom stereocenters. The fraction of sp³-hybridized carbons (Fsp3) is 0.100. The zero-order chi connectivity index (χ0) is 20.5. The summed E-state index contributed by atoms with van der Waals surface area (Å²) in [6.45, 7) is 1.71. The number of fused-ring (bicyclic) bond motifs is 1. The number of carbonyl (C=O) groups excluding carboxylic acids is 1. The maximum absolute atomic E-state index is 14.2. The maximum atomic E-state index is 14.2. The van der Waals surface area contributed by atoms with E-state index < -0.39 is 17.2 Å². The van der Waals surface area contributed by atoms with Crippen LogP contribution in [0.4, 0.5) is 14.5 Å². The number of nitrogens with one attached hydrogen (secondary N) is 1. The predicted octanol–water partition coefficient (Wildman–Crippen LogP) is 3.81. The molecule has 1 aromatic carbocycles. The molecule has 0 radical (unpaired) electrons. The van der Waals surface area contributed by atoms with Crippen molar-refractivity contribution in [2.24, 2.45) is 0 Å². The Morgan fingerprint density at radius 2 is 1.97 bits per heavy atom. The summed E-state index contributed by atoms with van der Waals surface area (Å²) in [6.07, 6.45) is 3.08. The molecule has 0 saturated heterocycles. The van der Waals surface area contributed by atoms with Crippen molar-refractivity contribution in [1.29, 1.82) is 0 Å². The molecule has 146 valence electrons. The largest absolute Gasteiger partial charge is 0.319 e. The Kier molecular flexibility index (Phi) is 4.89. The number of benzene rings is 1. The lowest BCUT2D eigenvalue weighted by Crippen LogP contribution is -2.31. The molecule has 0 spiro atoms. The monoisotopic (exact) mass is 412 g/mol. The van der Waals surface area contributed by atoms with Crippen molar-refractivity contribution < 1.29 is 13.6 Å². The van der Waals surface area contributed by atoms with Crippen LogP contribution in [0, 0.1) is 18.6 Å². The van der Waals surface area contributed by atoms with Gasteiger partial charge < -0.3 is 9.88 Å². The van der Waals surface area contributed by atoms with Crippen LogP contribution >= 0.6 is 11.3 Å². The summed E-state index contributed by atoms with van der Waals surface area (Å²) in [5, 5.41) is 0.316. The van der Waals surface area contributed by atoms with E-state index in [1.54, 1.807) is 37.0 Å². The number of thiazole rings is 1. The van der Waals surface area contributed by atoms with E-state index in [0.29, 0.717) is 27.2 Å². The van der Waals surface area contributed by atoms with Gasteiger partial charge in [0, 0.05) is 29.5 Å². The van der Waals surface area contributed by atoms with Crippen LogP contribution in [0.3, 0.4) is 0 Å². The molecule has 1 amide bonds. The highest BCUT2D eigenvalue weighted by atomic mass is 32.1. The summed E-state index contributed by atoms with van der Waals surface area (Å²) in [6, 6.07) is 6.96. The fourth-order valence-electron chi connectivity index (χ4n) is 3.07. The van der Waals surface area contributed by atoms with Crippen molar-refractivity contribution >= 4 is 33.8 Å². The summed E-state index contributed by atoms with van der Waals surface area (Å²) in [7, 11) is 0. The number of H-pyrrole nitrogens is 1. The molecule has 4 aromatic rings. The molecule has 6 nitrogen and oxygen atoms in total. The van der Waals surface area contributed by atoms with Gasteiger partial charge in [-0.3, -0.25) is 14.6 Å². The van der Waals surface area contributed by atoms with Gasteiger partial charge in [0.15, 0.2) is 11.6 Å². The SMILES string of the molecule is Cc1ncsc1C(=O)N(Cc1cc(=O)[nH]c2c(F)c(F)ccc12)c1ccncc1. The molecule has 0 aliphatic carbocycles. The minimum Gasteiger partial charge on any atom is -0.319 e. The highest BCUT2D eigenvalue weighted by Gasteiger charge is 2.23. The Hall–Kier alpha value is -3.46. The number of hydrogen-bond donors (Lipinski definition) is 1. The molecule has 9 heteroatoms. The van der Waals surface area contributed by atoms with Crippen molar-refractivity contribution in [3.8, 4) is 0 Å². The number of rotatable bonds is 4. The fourth-order valence-corrected chi connectivity index (χ4v) is 3.82. The number of nitrogens with zero attached hydrogens (tertiary/aromatic N) is 3. The predicted molar refractivity (Wildman–Crippen MR) is 106 cm³/mol. The summed E-state index contributed by atoms with van der Waals surface area (Å²) >= 11 is 1.21. The summed E-state index contributed by atoms with van der Waals surface area (Å²) in [4.78, 5) is 37.6. The van der Waals surface area contributed by atoms with Gasteiger partial charge in [-0.2, -0.15) is 0 Å². The number of aryl methyl sites for hydroxylation is 1. The van der Waals surface area contributed by atoms with Crippen LogP contribution in [-0.4, -0.2) is 20.9 Å². The third-order valence-corrected chi connectivity index (χ3v) is 5.40. The highest BCUT2D eigenvalue weighted by Crippen LogP contribution is 2.26. The first-order valence-corrected chi connectivity index (χ1v) is 9.45. The van der Waals surface area contributed by atoms with Crippen LogP contribution in [0.1, 0.15) is 20.9 Å². The van der Waals surface area contributed by atoms with Crippen LogP contribution < -0.4 is 10.5 Å². The second-order valence-corrected chi connectivity index (χ2v) is 7.16. The summed E-state index contributed by atoms with van der Waals surface area (Å²) in [5.74, 6) is -2.51. The van der Waals surface area contributed by atoms with E-state index in [9.17, 15) is 18.4 Å². The molecule has 0 aliphatic heterocycles. The molecular weight excluding hydrogens is 398 g/mol. The topological polar surface area (TPSA) is 79.0 Å². The van der Waals surface area contributed by atoms with Crippen molar-refractivity contribution in [1.82, 2.24) is 15.0 Å². The van der Waals surface area contributed by atoms with Crippen LogP contribution in [0.2, 0.25) is 0 Å². The Morgan fingerprint density at radius 3 is 2.66 bits per heavy atom.